The van der Waals surface area contributed by atoms with Crippen molar-refractivity contribution in [3.05, 3.63) is 28.2 Å². The lowest BCUT2D eigenvalue weighted by Gasteiger charge is -2.27. The highest BCUT2D eigenvalue weighted by Gasteiger charge is 2.25. The smallest absolute Gasteiger partial charge is 0.228 e. The first-order chi connectivity index (χ1) is 11.3. The van der Waals surface area contributed by atoms with Crippen LogP contribution >= 0.6 is 15.9 Å². The summed E-state index contributed by atoms with van der Waals surface area (Å²) in [6.45, 7) is 5.27. The van der Waals surface area contributed by atoms with Gasteiger partial charge in [0.05, 0.1) is 22.6 Å². The van der Waals surface area contributed by atoms with Crippen LogP contribution in [0.2, 0.25) is 0 Å². The Morgan fingerprint density at radius 1 is 1.50 bits per heavy atom. The molecule has 1 aromatic carbocycles. The molecule has 5 nitrogen and oxygen atoms in total. The van der Waals surface area contributed by atoms with Gasteiger partial charge in [-0.25, -0.2) is 0 Å². The van der Waals surface area contributed by atoms with E-state index >= 15 is 0 Å². The summed E-state index contributed by atoms with van der Waals surface area (Å²) in [5, 5.41) is 9.88. The van der Waals surface area contributed by atoms with Crippen LogP contribution in [0.3, 0.4) is 0 Å². The van der Waals surface area contributed by atoms with E-state index in [1.54, 1.807) is 25.8 Å². The molecule has 1 N–H and O–H groups in total. The Morgan fingerprint density at radius 2 is 2.25 bits per heavy atom. The monoisotopic (exact) mass is 399 g/mol. The van der Waals surface area contributed by atoms with Gasteiger partial charge in [0.25, 0.3) is 0 Å². The molecule has 1 saturated heterocycles. The number of hydrogen-bond acceptors (Lipinski definition) is 4. The molecule has 2 rings (SSSR count). The first-order valence-electron chi connectivity index (χ1n) is 8.23. The van der Waals surface area contributed by atoms with Crippen molar-refractivity contribution in [2.24, 2.45) is 5.92 Å². The Morgan fingerprint density at radius 3 is 2.88 bits per heavy atom. The van der Waals surface area contributed by atoms with E-state index < -0.39 is 5.60 Å². The second-order valence-corrected chi connectivity index (χ2v) is 7.79. The summed E-state index contributed by atoms with van der Waals surface area (Å²) >= 11 is 3.49. The quantitative estimate of drug-likeness (QED) is 0.798. The lowest BCUT2D eigenvalue weighted by atomic mass is 10.0. The van der Waals surface area contributed by atoms with Gasteiger partial charge < -0.3 is 19.5 Å². The number of hydrogen-bond donors (Lipinski definition) is 1. The van der Waals surface area contributed by atoms with E-state index in [9.17, 15) is 9.90 Å². The van der Waals surface area contributed by atoms with E-state index in [-0.39, 0.29) is 18.4 Å². The van der Waals surface area contributed by atoms with E-state index in [2.05, 4.69) is 15.9 Å². The molecule has 134 valence electrons. The standard InChI is InChI=1S/C18H26BrNO4/c1-18(2,22)12-24-16-13(6-4-8-15(16)19)10-20(3)17(21)14-7-5-9-23-11-14/h4,6,8,14,22H,5,7,9-12H2,1-3H3. The van der Waals surface area contributed by atoms with Crippen LogP contribution in [0.4, 0.5) is 0 Å². The van der Waals surface area contributed by atoms with E-state index in [1.807, 2.05) is 18.2 Å². The van der Waals surface area contributed by atoms with E-state index in [0.717, 1.165) is 29.5 Å². The lowest BCUT2D eigenvalue weighted by molar-refractivity contribution is -0.138. The zero-order valence-corrected chi connectivity index (χ0v) is 16.1. The van der Waals surface area contributed by atoms with Crippen molar-refractivity contribution in [3.8, 4) is 5.75 Å². The third-order valence-corrected chi connectivity index (χ3v) is 4.54. The summed E-state index contributed by atoms with van der Waals surface area (Å²) < 4.78 is 12.0. The fourth-order valence-corrected chi connectivity index (χ4v) is 3.19. The topological polar surface area (TPSA) is 59.0 Å². The minimum absolute atomic E-state index is 0.0587. The molecule has 0 bridgehead atoms. The number of rotatable bonds is 6. The Hall–Kier alpha value is -1.11. The van der Waals surface area contributed by atoms with E-state index in [4.69, 9.17) is 9.47 Å². The van der Waals surface area contributed by atoms with Crippen molar-refractivity contribution in [3.63, 3.8) is 0 Å². The highest BCUT2D eigenvalue weighted by Crippen LogP contribution is 2.31. The maximum absolute atomic E-state index is 12.6. The van der Waals surface area contributed by atoms with Gasteiger partial charge in [0.1, 0.15) is 12.4 Å². The normalized spacial score (nSPS) is 18.3. The van der Waals surface area contributed by atoms with Crippen molar-refractivity contribution in [2.45, 2.75) is 38.8 Å². The SMILES string of the molecule is CN(Cc1cccc(Br)c1OCC(C)(C)O)C(=O)C1CCCOC1. The Balaban J connectivity index is 2.07. The molecule has 0 aromatic heterocycles. The summed E-state index contributed by atoms with van der Waals surface area (Å²) in [4.78, 5) is 14.3. The van der Waals surface area contributed by atoms with Crippen LogP contribution in [0.5, 0.6) is 5.75 Å². The van der Waals surface area contributed by atoms with Gasteiger partial charge in [-0.2, -0.15) is 0 Å². The van der Waals surface area contributed by atoms with E-state index in [0.29, 0.717) is 18.9 Å². The number of carbonyl (C=O) groups excluding carboxylic acids is 1. The molecule has 1 aliphatic heterocycles. The van der Waals surface area contributed by atoms with Crippen LogP contribution in [-0.4, -0.2) is 48.4 Å². The van der Waals surface area contributed by atoms with E-state index in [1.165, 1.54) is 0 Å². The van der Waals surface area contributed by atoms with Crippen molar-refractivity contribution in [1.82, 2.24) is 4.90 Å². The molecule has 1 unspecified atom stereocenters. The number of ether oxygens (including phenoxy) is 2. The van der Waals surface area contributed by atoms with Crippen LogP contribution in [-0.2, 0) is 16.1 Å². The lowest BCUT2D eigenvalue weighted by Crippen LogP contribution is -2.36. The number of carbonyl (C=O) groups is 1. The molecule has 1 aliphatic rings. The second kappa shape index (κ2) is 8.32. The van der Waals surface area contributed by atoms with Gasteiger partial charge >= 0.3 is 0 Å². The van der Waals surface area contributed by atoms with Crippen molar-refractivity contribution in [1.29, 1.82) is 0 Å². The first-order valence-corrected chi connectivity index (χ1v) is 9.02. The maximum Gasteiger partial charge on any atom is 0.228 e. The van der Waals surface area contributed by atoms with Gasteiger partial charge in [0, 0.05) is 25.8 Å². The van der Waals surface area contributed by atoms with Gasteiger partial charge in [-0.1, -0.05) is 12.1 Å². The fourth-order valence-electron chi connectivity index (χ4n) is 2.67. The van der Waals surface area contributed by atoms with Gasteiger partial charge in [-0.05, 0) is 48.7 Å². The zero-order chi connectivity index (χ0) is 17.7. The Bertz CT molecular complexity index is 565. The maximum atomic E-state index is 12.6. The van der Waals surface area contributed by atoms with Gasteiger partial charge in [0.15, 0.2) is 0 Å². The van der Waals surface area contributed by atoms with Crippen LogP contribution in [0.15, 0.2) is 22.7 Å². The summed E-state index contributed by atoms with van der Waals surface area (Å²) in [5.41, 5.74) is -0.0190. The number of halogens is 1. The number of para-hydroxylation sites is 1. The van der Waals surface area contributed by atoms with Gasteiger partial charge in [-0.3, -0.25) is 4.79 Å². The molecule has 0 aliphatic carbocycles. The molecule has 6 heteroatoms. The summed E-state index contributed by atoms with van der Waals surface area (Å²) in [6.07, 6.45) is 1.81. The summed E-state index contributed by atoms with van der Waals surface area (Å²) in [7, 11) is 1.80. The molecule has 0 saturated carbocycles. The highest BCUT2D eigenvalue weighted by atomic mass is 79.9. The van der Waals surface area contributed by atoms with Crippen LogP contribution in [0.25, 0.3) is 0 Å². The first kappa shape index (κ1) is 19.2. The molecule has 1 atom stereocenters. The molecular formula is C18H26BrNO4. The third-order valence-electron chi connectivity index (χ3n) is 3.91. The predicted octanol–water partition coefficient (Wildman–Crippen LogP) is 2.98. The highest BCUT2D eigenvalue weighted by molar-refractivity contribution is 9.10. The third kappa shape index (κ3) is 5.46. The van der Waals surface area contributed by atoms with Crippen molar-refractivity contribution in [2.75, 3.05) is 26.9 Å². The molecular weight excluding hydrogens is 374 g/mol. The summed E-state index contributed by atoms with van der Waals surface area (Å²) in [5.74, 6) is 0.707. The van der Waals surface area contributed by atoms with Gasteiger partial charge in [0.2, 0.25) is 5.91 Å². The average Bonchev–Trinajstić information content (AvgIpc) is 2.53. The number of nitrogens with zero attached hydrogens (tertiary/aromatic N) is 1. The molecule has 24 heavy (non-hydrogen) atoms. The Kier molecular flexibility index (Phi) is 6.66. The molecule has 1 aromatic rings. The van der Waals surface area contributed by atoms with Crippen LogP contribution in [0.1, 0.15) is 32.3 Å². The average molecular weight is 400 g/mol. The van der Waals surface area contributed by atoms with Crippen LogP contribution < -0.4 is 4.74 Å². The number of aliphatic hydroxyl groups is 1. The minimum Gasteiger partial charge on any atom is -0.489 e. The zero-order valence-electron chi connectivity index (χ0n) is 14.5. The predicted molar refractivity (Wildman–Crippen MR) is 96.0 cm³/mol. The number of amides is 1. The van der Waals surface area contributed by atoms with Crippen LogP contribution in [0, 0.1) is 5.92 Å². The molecule has 1 amide bonds. The number of benzene rings is 1. The molecule has 0 spiro atoms. The summed E-state index contributed by atoms with van der Waals surface area (Å²) in [6, 6.07) is 5.74. The molecule has 1 fully saturated rings. The largest absolute Gasteiger partial charge is 0.489 e. The Labute approximate surface area is 152 Å². The van der Waals surface area contributed by atoms with Crippen molar-refractivity contribution >= 4 is 21.8 Å². The molecule has 0 radical (unpaired) electrons. The minimum atomic E-state index is -0.923. The second-order valence-electron chi connectivity index (χ2n) is 6.94. The van der Waals surface area contributed by atoms with Gasteiger partial charge in [-0.15, -0.1) is 0 Å². The molecule has 1 heterocycles. The fraction of sp³-hybridized carbons (Fsp3) is 0.611. The van der Waals surface area contributed by atoms with Crippen molar-refractivity contribution < 1.29 is 19.4 Å².